The van der Waals surface area contributed by atoms with Crippen LogP contribution in [-0.4, -0.2) is 21.8 Å². The van der Waals surface area contributed by atoms with Crippen molar-refractivity contribution < 1.29 is 9.66 Å². The fourth-order valence-corrected chi connectivity index (χ4v) is 1.62. The number of methoxy groups -OCH3 is 1. The lowest BCUT2D eigenvalue weighted by molar-refractivity contribution is -0.384. The Kier molecular flexibility index (Phi) is 3.13. The van der Waals surface area contributed by atoms with Crippen LogP contribution in [-0.2, 0) is 7.05 Å². The number of hydrogen-bond acceptors (Lipinski definition) is 5. The molecule has 1 aromatic heterocycles. The van der Waals surface area contributed by atoms with Crippen LogP contribution in [0.4, 0.5) is 17.1 Å². The molecule has 0 amide bonds. The molecule has 0 aliphatic carbocycles. The molecule has 0 saturated heterocycles. The van der Waals surface area contributed by atoms with Crippen molar-refractivity contribution in [2.24, 2.45) is 7.05 Å². The van der Waals surface area contributed by atoms with E-state index in [0.717, 1.165) is 0 Å². The van der Waals surface area contributed by atoms with Crippen LogP contribution in [0.2, 0.25) is 0 Å². The highest BCUT2D eigenvalue weighted by atomic mass is 16.6. The van der Waals surface area contributed by atoms with Crippen LogP contribution in [0, 0.1) is 10.1 Å². The first kappa shape index (κ1) is 11.9. The third kappa shape index (κ3) is 2.24. The lowest BCUT2D eigenvalue weighted by Gasteiger charge is -2.07. The molecule has 0 spiro atoms. The number of aryl methyl sites for hydroxylation is 1. The van der Waals surface area contributed by atoms with Gasteiger partial charge in [-0.15, -0.1) is 0 Å². The predicted octanol–water partition coefficient (Wildman–Crippen LogP) is 2.08. The molecule has 0 saturated carbocycles. The normalized spacial score (nSPS) is 10.1. The SMILES string of the molecule is COc1cccc(Nc2cnn(C)c2)c1[N+](=O)[O-]. The van der Waals surface area contributed by atoms with Crippen LogP contribution < -0.4 is 10.1 Å². The van der Waals surface area contributed by atoms with Gasteiger partial charge in [0.05, 0.1) is 23.9 Å². The van der Waals surface area contributed by atoms with Gasteiger partial charge in [0.1, 0.15) is 5.69 Å². The molecule has 7 nitrogen and oxygen atoms in total. The average molecular weight is 248 g/mol. The van der Waals surface area contributed by atoms with Crippen molar-refractivity contribution in [3.63, 3.8) is 0 Å². The van der Waals surface area contributed by atoms with E-state index >= 15 is 0 Å². The largest absolute Gasteiger partial charge is 0.490 e. The Labute approximate surface area is 103 Å². The van der Waals surface area contributed by atoms with Gasteiger partial charge in [-0.2, -0.15) is 5.10 Å². The number of ether oxygens (including phenoxy) is 1. The number of rotatable bonds is 4. The Bertz CT molecular complexity index is 579. The number of benzene rings is 1. The first-order valence-corrected chi connectivity index (χ1v) is 5.19. The number of nitro benzene ring substituents is 1. The molecule has 1 aromatic carbocycles. The minimum absolute atomic E-state index is 0.0937. The van der Waals surface area contributed by atoms with Crippen LogP contribution in [0.3, 0.4) is 0 Å². The summed E-state index contributed by atoms with van der Waals surface area (Å²) >= 11 is 0. The van der Waals surface area contributed by atoms with E-state index in [2.05, 4.69) is 10.4 Å². The van der Waals surface area contributed by atoms with Gasteiger partial charge < -0.3 is 10.1 Å². The molecule has 0 atom stereocenters. The molecule has 0 aliphatic heterocycles. The van der Waals surface area contributed by atoms with Crippen LogP contribution in [0.15, 0.2) is 30.6 Å². The Hall–Kier alpha value is -2.57. The smallest absolute Gasteiger partial charge is 0.334 e. The van der Waals surface area contributed by atoms with Gasteiger partial charge in [-0.3, -0.25) is 14.8 Å². The summed E-state index contributed by atoms with van der Waals surface area (Å²) in [5.74, 6) is 0.217. The zero-order chi connectivity index (χ0) is 13.1. The molecular formula is C11H12N4O3. The molecule has 1 heterocycles. The first-order chi connectivity index (χ1) is 8.61. The van der Waals surface area contributed by atoms with Gasteiger partial charge in [0.15, 0.2) is 5.75 Å². The summed E-state index contributed by atoms with van der Waals surface area (Å²) in [6.07, 6.45) is 3.31. The molecule has 2 aromatic rings. The lowest BCUT2D eigenvalue weighted by atomic mass is 10.2. The molecule has 0 radical (unpaired) electrons. The number of para-hydroxylation sites is 1. The molecular weight excluding hydrogens is 236 g/mol. The molecule has 18 heavy (non-hydrogen) atoms. The Balaban J connectivity index is 2.41. The van der Waals surface area contributed by atoms with Crippen LogP contribution in [0.5, 0.6) is 5.75 Å². The fraction of sp³-hybridized carbons (Fsp3) is 0.182. The number of nitro groups is 1. The van der Waals surface area contributed by atoms with E-state index < -0.39 is 4.92 Å². The number of hydrogen-bond donors (Lipinski definition) is 1. The molecule has 94 valence electrons. The van der Waals surface area contributed by atoms with Crippen LogP contribution in [0.1, 0.15) is 0 Å². The molecule has 0 bridgehead atoms. The summed E-state index contributed by atoms with van der Waals surface area (Å²) in [6.45, 7) is 0. The molecule has 1 N–H and O–H groups in total. The summed E-state index contributed by atoms with van der Waals surface area (Å²) in [4.78, 5) is 10.6. The van der Waals surface area contributed by atoms with Crippen molar-refractivity contribution in [3.05, 3.63) is 40.7 Å². The minimum Gasteiger partial charge on any atom is -0.490 e. The van der Waals surface area contributed by atoms with Gasteiger partial charge in [0.2, 0.25) is 0 Å². The van der Waals surface area contributed by atoms with Gasteiger partial charge in [-0.25, -0.2) is 0 Å². The van der Waals surface area contributed by atoms with Crippen molar-refractivity contribution in [2.75, 3.05) is 12.4 Å². The summed E-state index contributed by atoms with van der Waals surface area (Å²) in [5, 5.41) is 18.0. The highest BCUT2D eigenvalue weighted by Gasteiger charge is 2.20. The second-order valence-electron chi connectivity index (χ2n) is 3.64. The third-order valence-electron chi connectivity index (χ3n) is 2.39. The van der Waals surface area contributed by atoms with Crippen molar-refractivity contribution in [2.45, 2.75) is 0 Å². The molecule has 0 fully saturated rings. The van der Waals surface area contributed by atoms with Gasteiger partial charge >= 0.3 is 5.69 Å². The fourth-order valence-electron chi connectivity index (χ4n) is 1.62. The number of anilines is 2. The van der Waals surface area contributed by atoms with E-state index in [-0.39, 0.29) is 11.4 Å². The second kappa shape index (κ2) is 4.74. The zero-order valence-corrected chi connectivity index (χ0v) is 9.95. The Morgan fingerprint density at radius 1 is 1.50 bits per heavy atom. The van der Waals surface area contributed by atoms with E-state index in [1.165, 1.54) is 7.11 Å². The van der Waals surface area contributed by atoms with Gasteiger partial charge in [-0.1, -0.05) is 6.07 Å². The summed E-state index contributed by atoms with van der Waals surface area (Å²) < 4.78 is 6.59. The van der Waals surface area contributed by atoms with Gasteiger partial charge in [0.25, 0.3) is 0 Å². The van der Waals surface area contributed by atoms with Crippen molar-refractivity contribution in [3.8, 4) is 5.75 Å². The minimum atomic E-state index is -0.475. The highest BCUT2D eigenvalue weighted by molar-refractivity contribution is 5.73. The maximum absolute atomic E-state index is 11.1. The molecule has 0 unspecified atom stereocenters. The summed E-state index contributed by atoms with van der Waals surface area (Å²) in [6, 6.07) is 4.85. The zero-order valence-electron chi connectivity index (χ0n) is 9.95. The van der Waals surface area contributed by atoms with Gasteiger partial charge in [0, 0.05) is 13.2 Å². The first-order valence-electron chi connectivity index (χ1n) is 5.19. The Morgan fingerprint density at radius 3 is 2.83 bits per heavy atom. The predicted molar refractivity (Wildman–Crippen MR) is 66.1 cm³/mol. The summed E-state index contributed by atoms with van der Waals surface area (Å²) in [5.41, 5.74) is 0.949. The number of aromatic nitrogens is 2. The number of nitrogens with one attached hydrogen (secondary N) is 1. The third-order valence-corrected chi connectivity index (χ3v) is 2.39. The standard InChI is InChI=1S/C11H12N4O3/c1-14-7-8(6-12-14)13-9-4-3-5-10(18-2)11(9)15(16)17/h3-7,13H,1-2H3. The summed E-state index contributed by atoms with van der Waals surface area (Å²) in [7, 11) is 3.17. The Morgan fingerprint density at radius 2 is 2.28 bits per heavy atom. The van der Waals surface area contributed by atoms with E-state index in [9.17, 15) is 10.1 Å². The quantitative estimate of drug-likeness (QED) is 0.661. The van der Waals surface area contributed by atoms with Crippen LogP contribution >= 0.6 is 0 Å². The van der Waals surface area contributed by atoms with Crippen molar-refractivity contribution >= 4 is 17.1 Å². The van der Waals surface area contributed by atoms with E-state index in [4.69, 9.17) is 4.74 Å². The van der Waals surface area contributed by atoms with Crippen LogP contribution in [0.25, 0.3) is 0 Å². The molecule has 2 rings (SSSR count). The van der Waals surface area contributed by atoms with E-state index in [1.54, 1.807) is 42.3 Å². The van der Waals surface area contributed by atoms with Crippen molar-refractivity contribution in [1.82, 2.24) is 9.78 Å². The maximum Gasteiger partial charge on any atom is 0.334 e. The maximum atomic E-state index is 11.1. The van der Waals surface area contributed by atoms with E-state index in [0.29, 0.717) is 11.4 Å². The lowest BCUT2D eigenvalue weighted by Crippen LogP contribution is -1.99. The second-order valence-corrected chi connectivity index (χ2v) is 3.64. The molecule has 7 heteroatoms. The van der Waals surface area contributed by atoms with Gasteiger partial charge in [-0.05, 0) is 12.1 Å². The monoisotopic (exact) mass is 248 g/mol. The number of nitrogens with zero attached hydrogens (tertiary/aromatic N) is 3. The highest BCUT2D eigenvalue weighted by Crippen LogP contribution is 2.35. The van der Waals surface area contributed by atoms with E-state index in [1.807, 2.05) is 0 Å². The van der Waals surface area contributed by atoms with Crippen molar-refractivity contribution in [1.29, 1.82) is 0 Å². The topological polar surface area (TPSA) is 82.2 Å². The average Bonchev–Trinajstić information content (AvgIpc) is 2.74. The molecule has 0 aliphatic rings.